The first kappa shape index (κ1) is 14.8. The highest BCUT2D eigenvalue weighted by molar-refractivity contribution is 7.16. The third kappa shape index (κ3) is 3.37. The Morgan fingerprint density at radius 1 is 1.14 bits per heavy atom. The maximum atomic E-state index is 10.0. The van der Waals surface area contributed by atoms with Crippen molar-refractivity contribution in [2.45, 2.75) is 6.10 Å². The Hall–Kier alpha value is -2.11. The maximum Gasteiger partial charge on any atom is 0.185 e. The smallest absolute Gasteiger partial charge is 0.185 e. The predicted molar refractivity (Wildman–Crippen MR) is 89.2 cm³/mol. The Balaban J connectivity index is 1.66. The van der Waals surface area contributed by atoms with Crippen LogP contribution >= 0.6 is 11.3 Å². The molecule has 4 nitrogen and oxygen atoms in total. The largest absolute Gasteiger partial charge is 0.491 e. The highest BCUT2D eigenvalue weighted by Gasteiger charge is 2.06. The molecule has 3 aromatic rings. The molecular formula is C17H18N2O2S. The second-order valence-electron chi connectivity index (χ2n) is 5.03. The lowest BCUT2D eigenvalue weighted by Gasteiger charge is -2.09. The number of aromatic nitrogens is 1. The van der Waals surface area contributed by atoms with E-state index in [4.69, 9.17) is 4.74 Å². The molecule has 0 saturated carbocycles. The van der Waals surface area contributed by atoms with Gasteiger partial charge in [0.2, 0.25) is 0 Å². The summed E-state index contributed by atoms with van der Waals surface area (Å²) >= 11 is 1.62. The topological polar surface area (TPSA) is 46.8 Å². The van der Waals surface area contributed by atoms with Gasteiger partial charge in [-0.15, -0.1) is 0 Å². The van der Waals surface area contributed by atoms with Crippen LogP contribution in [0.5, 0.6) is 5.75 Å². The van der Waals surface area contributed by atoms with Crippen molar-refractivity contribution >= 4 is 21.6 Å². The Morgan fingerprint density at radius 2 is 1.86 bits per heavy atom. The molecular weight excluding hydrogens is 296 g/mol. The number of ether oxygens (including phenoxy) is 1. The normalized spacial score (nSPS) is 13.5. The number of para-hydroxylation sites is 2. The van der Waals surface area contributed by atoms with Gasteiger partial charge in [0, 0.05) is 7.05 Å². The standard InChI is InChI=1S/C17H18N2O2S/c1-19-15-9-5-6-10-16(15)22-17(19)18-11-13(20)12-21-14-7-3-2-4-8-14/h2-10,13,20H,11-12H2,1H3/t13-/m0/s1. The van der Waals surface area contributed by atoms with Gasteiger partial charge in [0.15, 0.2) is 4.80 Å². The van der Waals surface area contributed by atoms with Crippen LogP contribution in [0.4, 0.5) is 0 Å². The molecule has 0 fully saturated rings. The quantitative estimate of drug-likeness (QED) is 0.787. The fourth-order valence-corrected chi connectivity index (χ4v) is 3.20. The lowest BCUT2D eigenvalue weighted by atomic mass is 10.3. The molecule has 1 aromatic heterocycles. The van der Waals surface area contributed by atoms with Crippen LogP contribution in [0.1, 0.15) is 0 Å². The zero-order chi connectivity index (χ0) is 15.4. The summed E-state index contributed by atoms with van der Waals surface area (Å²) in [5, 5.41) is 10.0. The summed E-state index contributed by atoms with van der Waals surface area (Å²) in [5.74, 6) is 0.758. The minimum atomic E-state index is -0.620. The van der Waals surface area contributed by atoms with E-state index < -0.39 is 6.10 Å². The average molecular weight is 314 g/mol. The van der Waals surface area contributed by atoms with Gasteiger partial charge in [0.25, 0.3) is 0 Å². The summed E-state index contributed by atoms with van der Waals surface area (Å²) in [4.78, 5) is 5.41. The molecule has 0 saturated heterocycles. The fraction of sp³-hybridized carbons (Fsp3) is 0.235. The minimum Gasteiger partial charge on any atom is -0.491 e. The van der Waals surface area contributed by atoms with Gasteiger partial charge in [-0.05, 0) is 24.3 Å². The van der Waals surface area contributed by atoms with E-state index in [0.29, 0.717) is 6.54 Å². The van der Waals surface area contributed by atoms with Crippen LogP contribution < -0.4 is 9.54 Å². The number of fused-ring (bicyclic) bond motifs is 1. The van der Waals surface area contributed by atoms with Crippen LogP contribution in [-0.4, -0.2) is 28.9 Å². The van der Waals surface area contributed by atoms with Crippen molar-refractivity contribution in [3.05, 3.63) is 59.4 Å². The molecule has 0 radical (unpaired) electrons. The van der Waals surface area contributed by atoms with Gasteiger partial charge >= 0.3 is 0 Å². The Morgan fingerprint density at radius 3 is 2.64 bits per heavy atom. The first-order chi connectivity index (χ1) is 10.7. The summed E-state index contributed by atoms with van der Waals surface area (Å²) in [5.41, 5.74) is 1.15. The van der Waals surface area contributed by atoms with E-state index >= 15 is 0 Å². The van der Waals surface area contributed by atoms with Crippen LogP contribution in [0, 0.1) is 0 Å². The Kier molecular flexibility index (Phi) is 4.56. The van der Waals surface area contributed by atoms with Crippen molar-refractivity contribution in [1.29, 1.82) is 0 Å². The fourth-order valence-electron chi connectivity index (χ4n) is 2.17. The average Bonchev–Trinajstić information content (AvgIpc) is 2.88. The zero-order valence-electron chi connectivity index (χ0n) is 12.3. The molecule has 0 aliphatic rings. The summed E-state index contributed by atoms with van der Waals surface area (Å²) in [7, 11) is 1.99. The number of rotatable bonds is 5. The molecule has 3 rings (SSSR count). The highest BCUT2D eigenvalue weighted by Crippen LogP contribution is 2.15. The van der Waals surface area contributed by atoms with Crippen molar-refractivity contribution in [3.8, 4) is 5.75 Å². The number of benzene rings is 2. The lowest BCUT2D eigenvalue weighted by Crippen LogP contribution is -2.23. The van der Waals surface area contributed by atoms with Crippen molar-refractivity contribution < 1.29 is 9.84 Å². The second kappa shape index (κ2) is 6.77. The monoisotopic (exact) mass is 314 g/mol. The van der Waals surface area contributed by atoms with E-state index in [9.17, 15) is 5.11 Å². The van der Waals surface area contributed by atoms with Crippen molar-refractivity contribution in [2.24, 2.45) is 12.0 Å². The summed E-state index contributed by atoms with van der Waals surface area (Å²) in [6, 6.07) is 17.7. The van der Waals surface area contributed by atoms with Crippen LogP contribution in [-0.2, 0) is 7.05 Å². The van der Waals surface area contributed by atoms with Crippen LogP contribution in [0.25, 0.3) is 10.2 Å². The van der Waals surface area contributed by atoms with Crippen LogP contribution in [0.2, 0.25) is 0 Å². The SMILES string of the molecule is Cn1c(=NC[C@H](O)COc2ccccc2)sc2ccccc21. The lowest BCUT2D eigenvalue weighted by molar-refractivity contribution is 0.114. The molecule has 0 aliphatic carbocycles. The molecule has 1 heterocycles. The number of aryl methyl sites for hydroxylation is 1. The maximum absolute atomic E-state index is 10.0. The van der Waals surface area contributed by atoms with Crippen molar-refractivity contribution in [2.75, 3.05) is 13.2 Å². The molecule has 0 amide bonds. The molecule has 2 aromatic carbocycles. The van der Waals surface area contributed by atoms with Gasteiger partial charge in [-0.3, -0.25) is 4.99 Å². The molecule has 0 bridgehead atoms. The van der Waals surface area contributed by atoms with Crippen molar-refractivity contribution in [3.63, 3.8) is 0 Å². The van der Waals surface area contributed by atoms with E-state index in [-0.39, 0.29) is 6.61 Å². The number of aliphatic hydroxyl groups is 1. The molecule has 0 aliphatic heterocycles. The number of hydrogen-bond donors (Lipinski definition) is 1. The minimum absolute atomic E-state index is 0.238. The molecule has 22 heavy (non-hydrogen) atoms. The predicted octanol–water partition coefficient (Wildman–Crippen LogP) is 2.58. The molecule has 1 atom stereocenters. The van der Waals surface area contributed by atoms with Gasteiger partial charge in [0.1, 0.15) is 18.5 Å². The molecule has 0 spiro atoms. The van der Waals surface area contributed by atoms with Crippen molar-refractivity contribution in [1.82, 2.24) is 4.57 Å². The van der Waals surface area contributed by atoms with E-state index in [1.165, 1.54) is 4.70 Å². The summed E-state index contributed by atoms with van der Waals surface area (Å²) < 4.78 is 8.77. The van der Waals surface area contributed by atoms with E-state index in [2.05, 4.69) is 17.1 Å². The highest BCUT2D eigenvalue weighted by atomic mass is 32.1. The third-order valence-electron chi connectivity index (χ3n) is 3.34. The molecule has 114 valence electrons. The Bertz CT molecular complexity index is 808. The van der Waals surface area contributed by atoms with Crippen LogP contribution in [0.3, 0.4) is 0 Å². The third-order valence-corrected chi connectivity index (χ3v) is 4.49. The number of nitrogens with zero attached hydrogens (tertiary/aromatic N) is 2. The molecule has 0 unspecified atom stereocenters. The van der Waals surface area contributed by atoms with Gasteiger partial charge in [0.05, 0.1) is 16.8 Å². The van der Waals surface area contributed by atoms with Gasteiger partial charge in [-0.2, -0.15) is 0 Å². The van der Waals surface area contributed by atoms with Gasteiger partial charge in [-0.25, -0.2) is 0 Å². The van der Waals surface area contributed by atoms with E-state index in [1.807, 2.05) is 54.1 Å². The molecule has 1 N–H and O–H groups in total. The second-order valence-corrected chi connectivity index (χ2v) is 6.04. The summed E-state index contributed by atoms with van der Waals surface area (Å²) in [6.45, 7) is 0.565. The van der Waals surface area contributed by atoms with E-state index in [0.717, 1.165) is 16.1 Å². The number of aliphatic hydroxyl groups excluding tert-OH is 1. The van der Waals surface area contributed by atoms with Gasteiger partial charge < -0.3 is 14.4 Å². The first-order valence-electron chi connectivity index (χ1n) is 7.15. The zero-order valence-corrected chi connectivity index (χ0v) is 13.2. The Labute approximate surface area is 133 Å². The van der Waals surface area contributed by atoms with Crippen LogP contribution in [0.15, 0.2) is 59.6 Å². The number of thiazole rings is 1. The summed E-state index contributed by atoms with van der Waals surface area (Å²) in [6.07, 6.45) is -0.620. The first-order valence-corrected chi connectivity index (χ1v) is 7.96. The van der Waals surface area contributed by atoms with Gasteiger partial charge in [-0.1, -0.05) is 41.7 Å². The number of hydrogen-bond acceptors (Lipinski definition) is 4. The van der Waals surface area contributed by atoms with E-state index in [1.54, 1.807) is 11.3 Å². The molecule has 5 heteroatoms.